The summed E-state index contributed by atoms with van der Waals surface area (Å²) in [6.07, 6.45) is 1.81. The average Bonchev–Trinajstić information content (AvgIpc) is 3.45. The van der Waals surface area contributed by atoms with Crippen LogP contribution in [0.15, 0.2) is 84.4 Å². The Morgan fingerprint density at radius 2 is 1.73 bits per heavy atom. The van der Waals surface area contributed by atoms with Crippen LogP contribution < -0.4 is 5.32 Å². The fourth-order valence-corrected chi connectivity index (χ4v) is 4.29. The lowest BCUT2D eigenvalue weighted by Crippen LogP contribution is -2.34. The summed E-state index contributed by atoms with van der Waals surface area (Å²) in [5, 5.41) is 9.91. The van der Waals surface area contributed by atoms with Crippen molar-refractivity contribution < 1.29 is 4.79 Å². The van der Waals surface area contributed by atoms with Gasteiger partial charge in [-0.1, -0.05) is 54.6 Å². The number of nitrogens with one attached hydrogen (secondary N) is 1. The van der Waals surface area contributed by atoms with Gasteiger partial charge in [-0.15, -0.1) is 11.3 Å². The largest absolute Gasteiger partial charge is 0.350 e. The summed E-state index contributed by atoms with van der Waals surface area (Å²) < 4.78 is 1.76. The third kappa shape index (κ3) is 4.35. The highest BCUT2D eigenvalue weighted by atomic mass is 32.1. The first kappa shape index (κ1) is 20.1. The molecule has 30 heavy (non-hydrogen) atoms. The predicted octanol–water partition coefficient (Wildman–Crippen LogP) is 4.63. The van der Waals surface area contributed by atoms with E-state index in [1.54, 1.807) is 16.0 Å². The molecule has 0 aliphatic rings. The molecule has 0 fully saturated rings. The molecule has 0 spiro atoms. The second-order valence-corrected chi connectivity index (χ2v) is 8.22. The number of nitrogens with zero attached hydrogens (tertiary/aromatic N) is 3. The quantitative estimate of drug-likeness (QED) is 0.478. The average molecular weight is 417 g/mol. The van der Waals surface area contributed by atoms with Crippen molar-refractivity contribution in [3.63, 3.8) is 0 Å². The summed E-state index contributed by atoms with van der Waals surface area (Å²) in [6, 6.07) is 23.9. The van der Waals surface area contributed by atoms with Gasteiger partial charge in [0.15, 0.2) is 0 Å². The minimum atomic E-state index is -0.126. The van der Waals surface area contributed by atoms with E-state index in [0.29, 0.717) is 17.8 Å². The van der Waals surface area contributed by atoms with E-state index in [4.69, 9.17) is 5.10 Å². The zero-order chi connectivity index (χ0) is 20.9. The first-order chi connectivity index (χ1) is 14.6. The number of para-hydroxylation sites is 1. The Morgan fingerprint density at radius 3 is 2.37 bits per heavy atom. The van der Waals surface area contributed by atoms with Gasteiger partial charge in [0.25, 0.3) is 5.91 Å². The minimum Gasteiger partial charge on any atom is -0.350 e. The second-order valence-electron chi connectivity index (χ2n) is 7.24. The number of aromatic nitrogens is 2. The van der Waals surface area contributed by atoms with Crippen LogP contribution in [0.4, 0.5) is 0 Å². The van der Waals surface area contributed by atoms with Crippen molar-refractivity contribution in [2.45, 2.75) is 6.04 Å². The molecule has 0 aliphatic heterocycles. The smallest absolute Gasteiger partial charge is 0.255 e. The molecule has 0 bridgehead atoms. The van der Waals surface area contributed by atoms with Gasteiger partial charge >= 0.3 is 0 Å². The van der Waals surface area contributed by atoms with Gasteiger partial charge in [0.2, 0.25) is 0 Å². The maximum atomic E-state index is 13.2. The molecule has 0 unspecified atom stereocenters. The van der Waals surface area contributed by atoms with Gasteiger partial charge in [-0.05, 0) is 37.7 Å². The van der Waals surface area contributed by atoms with Gasteiger partial charge in [-0.25, -0.2) is 4.68 Å². The summed E-state index contributed by atoms with van der Waals surface area (Å²) in [6.45, 7) is 0.525. The fraction of sp³-hybridized carbons (Fsp3) is 0.167. The zero-order valence-corrected chi connectivity index (χ0v) is 17.8. The monoisotopic (exact) mass is 416 g/mol. The number of hydrogen-bond acceptors (Lipinski definition) is 4. The predicted molar refractivity (Wildman–Crippen MR) is 122 cm³/mol. The topological polar surface area (TPSA) is 50.2 Å². The Morgan fingerprint density at radius 1 is 1.03 bits per heavy atom. The highest BCUT2D eigenvalue weighted by Crippen LogP contribution is 2.25. The number of hydrogen-bond donors (Lipinski definition) is 1. The molecular formula is C24H24N4OS. The van der Waals surface area contributed by atoms with Crippen molar-refractivity contribution in [2.24, 2.45) is 0 Å². The second kappa shape index (κ2) is 9.07. The van der Waals surface area contributed by atoms with E-state index < -0.39 is 0 Å². The lowest BCUT2D eigenvalue weighted by Gasteiger charge is -2.23. The van der Waals surface area contributed by atoms with Gasteiger partial charge in [0.05, 0.1) is 17.3 Å². The molecule has 1 atom stereocenters. The molecule has 5 nitrogen and oxygen atoms in total. The van der Waals surface area contributed by atoms with Gasteiger partial charge in [0.1, 0.15) is 5.69 Å². The van der Waals surface area contributed by atoms with Crippen LogP contribution in [-0.2, 0) is 0 Å². The van der Waals surface area contributed by atoms with Crippen LogP contribution in [0.25, 0.3) is 16.9 Å². The number of carbonyl (C=O) groups is 1. The number of likely N-dealkylation sites (N-methyl/N-ethyl adjacent to an activating group) is 1. The van der Waals surface area contributed by atoms with Crippen LogP contribution >= 0.6 is 11.3 Å². The normalized spacial score (nSPS) is 12.1. The summed E-state index contributed by atoms with van der Waals surface area (Å²) in [7, 11) is 4.05. The molecule has 2 aromatic heterocycles. The Balaban J connectivity index is 1.63. The number of rotatable bonds is 7. The molecule has 1 N–H and O–H groups in total. The molecule has 0 saturated heterocycles. The zero-order valence-electron chi connectivity index (χ0n) is 17.0. The van der Waals surface area contributed by atoms with Crippen LogP contribution in [0.2, 0.25) is 0 Å². The molecule has 152 valence electrons. The molecule has 2 aromatic carbocycles. The Bertz CT molecular complexity index is 1090. The first-order valence-electron chi connectivity index (χ1n) is 9.82. The molecule has 0 radical (unpaired) electrons. The van der Waals surface area contributed by atoms with Crippen molar-refractivity contribution in [2.75, 3.05) is 20.6 Å². The summed E-state index contributed by atoms with van der Waals surface area (Å²) >= 11 is 1.70. The molecule has 6 heteroatoms. The summed E-state index contributed by atoms with van der Waals surface area (Å²) in [5.41, 5.74) is 3.07. The van der Waals surface area contributed by atoms with Crippen molar-refractivity contribution in [1.29, 1.82) is 0 Å². The van der Waals surface area contributed by atoms with E-state index in [0.717, 1.165) is 11.3 Å². The Labute approximate surface area is 180 Å². The first-order valence-corrected chi connectivity index (χ1v) is 10.7. The molecule has 2 heterocycles. The van der Waals surface area contributed by atoms with E-state index >= 15 is 0 Å². The van der Waals surface area contributed by atoms with Gasteiger partial charge < -0.3 is 10.2 Å². The van der Waals surface area contributed by atoms with E-state index in [1.165, 1.54) is 4.88 Å². The molecule has 0 aliphatic carbocycles. The lowest BCUT2D eigenvalue weighted by molar-refractivity contribution is 0.0943. The molecule has 0 saturated carbocycles. The van der Waals surface area contributed by atoms with Gasteiger partial charge in [0, 0.05) is 23.2 Å². The van der Waals surface area contributed by atoms with E-state index in [-0.39, 0.29) is 11.9 Å². The molecule has 4 aromatic rings. The fourth-order valence-electron chi connectivity index (χ4n) is 3.37. The number of amides is 1. The van der Waals surface area contributed by atoms with Crippen LogP contribution in [0.5, 0.6) is 0 Å². The van der Waals surface area contributed by atoms with Crippen LogP contribution in [0, 0.1) is 0 Å². The minimum absolute atomic E-state index is 0.123. The van der Waals surface area contributed by atoms with Gasteiger partial charge in [-0.2, -0.15) is 5.10 Å². The standard InChI is InChI=1S/C24H24N4OS/c1-27(2)21(22-14-9-15-30-22)16-25-24(29)20-17-28(19-12-7-4-8-13-19)26-23(20)18-10-5-3-6-11-18/h3-15,17,21H,16H2,1-2H3,(H,25,29)/t21-/m1/s1. The highest BCUT2D eigenvalue weighted by Gasteiger charge is 2.21. The van der Waals surface area contributed by atoms with E-state index in [9.17, 15) is 4.79 Å². The summed E-state index contributed by atoms with van der Waals surface area (Å²) in [5.74, 6) is -0.126. The molecular weight excluding hydrogens is 392 g/mol. The van der Waals surface area contributed by atoms with Crippen molar-refractivity contribution in [3.8, 4) is 16.9 Å². The molecule has 1 amide bonds. The third-order valence-electron chi connectivity index (χ3n) is 4.98. The van der Waals surface area contributed by atoms with Crippen LogP contribution in [0.3, 0.4) is 0 Å². The number of benzene rings is 2. The van der Waals surface area contributed by atoms with Gasteiger partial charge in [-0.3, -0.25) is 4.79 Å². The van der Waals surface area contributed by atoms with Crippen molar-refractivity contribution in [1.82, 2.24) is 20.0 Å². The third-order valence-corrected chi connectivity index (χ3v) is 5.95. The lowest BCUT2D eigenvalue weighted by atomic mass is 10.1. The molecule has 4 rings (SSSR count). The van der Waals surface area contributed by atoms with E-state index in [2.05, 4.69) is 21.7 Å². The van der Waals surface area contributed by atoms with Crippen molar-refractivity contribution in [3.05, 3.63) is 94.8 Å². The van der Waals surface area contributed by atoms with Crippen LogP contribution in [0.1, 0.15) is 21.3 Å². The maximum Gasteiger partial charge on any atom is 0.255 e. The Hall–Kier alpha value is -3.22. The Kier molecular flexibility index (Phi) is 6.07. The highest BCUT2D eigenvalue weighted by molar-refractivity contribution is 7.10. The number of carbonyl (C=O) groups excluding carboxylic acids is 1. The van der Waals surface area contributed by atoms with E-state index in [1.807, 2.05) is 87.0 Å². The number of thiophene rings is 1. The SMILES string of the molecule is CN(C)[C@H](CNC(=O)c1cn(-c2ccccc2)nc1-c1ccccc1)c1cccs1. The maximum absolute atomic E-state index is 13.2. The van der Waals surface area contributed by atoms with Crippen molar-refractivity contribution >= 4 is 17.2 Å². The van der Waals surface area contributed by atoms with Crippen LogP contribution in [-0.4, -0.2) is 41.2 Å². The summed E-state index contributed by atoms with van der Waals surface area (Å²) in [4.78, 5) is 16.5.